The maximum atomic E-state index is 14.0. The fourth-order valence-electron chi connectivity index (χ4n) is 4.16. The quantitative estimate of drug-likeness (QED) is 0.213. The van der Waals surface area contributed by atoms with Crippen molar-refractivity contribution < 1.29 is 22.9 Å². The van der Waals surface area contributed by atoms with E-state index in [4.69, 9.17) is 11.6 Å². The minimum atomic E-state index is -4.28. The second-order valence-corrected chi connectivity index (χ2v) is 11.7. The van der Waals surface area contributed by atoms with E-state index in [1.807, 2.05) is 13.8 Å². The van der Waals surface area contributed by atoms with Crippen LogP contribution in [0.25, 0.3) is 0 Å². The highest BCUT2D eigenvalue weighted by atomic mass is 35.5. The van der Waals surface area contributed by atoms with Gasteiger partial charge in [-0.1, -0.05) is 61.8 Å². The van der Waals surface area contributed by atoms with Gasteiger partial charge in [0.2, 0.25) is 11.8 Å². The van der Waals surface area contributed by atoms with Crippen molar-refractivity contribution in [3.05, 3.63) is 99.6 Å². The summed E-state index contributed by atoms with van der Waals surface area (Å²) in [6, 6.07) is 18.3. The van der Waals surface area contributed by atoms with Gasteiger partial charge in [-0.25, -0.2) is 8.42 Å². The van der Waals surface area contributed by atoms with Gasteiger partial charge in [0.1, 0.15) is 12.6 Å². The molecule has 12 heteroatoms. The van der Waals surface area contributed by atoms with Gasteiger partial charge in [-0.3, -0.25) is 24.0 Å². The molecule has 0 fully saturated rings. The van der Waals surface area contributed by atoms with Crippen molar-refractivity contribution in [3.63, 3.8) is 0 Å². The molecular formula is C29H33ClN4O6S. The van der Waals surface area contributed by atoms with Crippen molar-refractivity contribution in [2.75, 3.05) is 10.8 Å². The van der Waals surface area contributed by atoms with E-state index in [-0.39, 0.29) is 41.2 Å². The average molecular weight is 601 g/mol. The lowest BCUT2D eigenvalue weighted by Gasteiger charge is -2.34. The number of carbonyl (C=O) groups is 2. The largest absolute Gasteiger partial charge is 0.352 e. The lowest BCUT2D eigenvalue weighted by Crippen LogP contribution is -2.53. The molecule has 0 radical (unpaired) electrons. The van der Waals surface area contributed by atoms with Gasteiger partial charge in [-0.05, 0) is 55.7 Å². The zero-order valence-corrected chi connectivity index (χ0v) is 24.6. The third-order valence-corrected chi connectivity index (χ3v) is 8.80. The summed E-state index contributed by atoms with van der Waals surface area (Å²) in [5.41, 5.74) is 0.415. The Kier molecular flexibility index (Phi) is 10.8. The van der Waals surface area contributed by atoms with Crippen LogP contribution in [0.5, 0.6) is 0 Å². The Morgan fingerprint density at radius 3 is 2.12 bits per heavy atom. The Morgan fingerprint density at radius 2 is 1.56 bits per heavy atom. The van der Waals surface area contributed by atoms with Gasteiger partial charge in [-0.15, -0.1) is 0 Å². The van der Waals surface area contributed by atoms with E-state index in [0.29, 0.717) is 17.0 Å². The highest BCUT2D eigenvalue weighted by molar-refractivity contribution is 7.92. The monoisotopic (exact) mass is 600 g/mol. The van der Waals surface area contributed by atoms with Gasteiger partial charge < -0.3 is 10.2 Å². The molecule has 41 heavy (non-hydrogen) atoms. The predicted molar refractivity (Wildman–Crippen MR) is 158 cm³/mol. The van der Waals surface area contributed by atoms with E-state index in [1.54, 1.807) is 49.4 Å². The van der Waals surface area contributed by atoms with Crippen LogP contribution >= 0.6 is 11.6 Å². The molecule has 1 N–H and O–H groups in total. The average Bonchev–Trinajstić information content (AvgIpc) is 2.97. The van der Waals surface area contributed by atoms with Crippen molar-refractivity contribution in [2.45, 2.75) is 57.1 Å². The molecule has 0 aromatic heterocycles. The Labute approximate surface area is 245 Å². The maximum Gasteiger partial charge on any atom is 0.269 e. The fraction of sp³-hybridized carbons (Fsp3) is 0.310. The Bertz CT molecular complexity index is 1470. The fourth-order valence-corrected chi connectivity index (χ4v) is 5.79. The Hall–Kier alpha value is -3.96. The number of nitrogens with zero attached hydrogens (tertiary/aromatic N) is 3. The SMILES string of the molecule is CC[C@@H](C)NC(=O)[C@@H](CC)N(Cc1ccccc1Cl)C(=O)CN(c1ccc([N+](=O)[O-])cc1)S(=O)(=O)c1ccccc1. The van der Waals surface area contributed by atoms with Gasteiger partial charge in [0.05, 0.1) is 15.5 Å². The molecule has 2 amide bonds. The predicted octanol–water partition coefficient (Wildman–Crippen LogP) is 5.17. The zero-order chi connectivity index (χ0) is 30.2. The topological polar surface area (TPSA) is 130 Å². The number of hydrogen-bond acceptors (Lipinski definition) is 6. The number of nitrogens with one attached hydrogen (secondary N) is 1. The number of sulfonamides is 1. The molecule has 0 aliphatic rings. The molecule has 3 rings (SSSR count). The molecule has 0 bridgehead atoms. The summed E-state index contributed by atoms with van der Waals surface area (Å²) in [5, 5.41) is 14.5. The molecule has 0 aliphatic carbocycles. The molecule has 0 spiro atoms. The van der Waals surface area contributed by atoms with Crippen LogP contribution in [0.4, 0.5) is 11.4 Å². The van der Waals surface area contributed by atoms with Crippen LogP contribution < -0.4 is 9.62 Å². The minimum absolute atomic E-state index is 0.0373. The number of halogens is 1. The summed E-state index contributed by atoms with van der Waals surface area (Å²) in [7, 11) is -4.28. The molecule has 3 aromatic rings. The summed E-state index contributed by atoms with van der Waals surface area (Å²) in [6.07, 6.45) is 0.950. The molecular weight excluding hydrogens is 568 g/mol. The number of carbonyl (C=O) groups excluding carboxylic acids is 2. The third-order valence-electron chi connectivity index (χ3n) is 6.64. The van der Waals surface area contributed by atoms with Crippen molar-refractivity contribution in [2.24, 2.45) is 0 Å². The molecule has 2 atom stereocenters. The highest BCUT2D eigenvalue weighted by Gasteiger charge is 2.34. The van der Waals surface area contributed by atoms with E-state index in [9.17, 15) is 28.1 Å². The molecule has 0 saturated heterocycles. The molecule has 0 heterocycles. The summed E-state index contributed by atoms with van der Waals surface area (Å²) in [4.78, 5) is 39.2. The molecule has 3 aromatic carbocycles. The van der Waals surface area contributed by atoms with Crippen molar-refractivity contribution in [3.8, 4) is 0 Å². The maximum absolute atomic E-state index is 14.0. The number of nitro groups is 1. The first kappa shape index (κ1) is 31.6. The van der Waals surface area contributed by atoms with Crippen LogP contribution in [0, 0.1) is 10.1 Å². The number of hydrogen-bond donors (Lipinski definition) is 1. The van der Waals surface area contributed by atoms with E-state index in [0.717, 1.165) is 4.31 Å². The second kappa shape index (κ2) is 14.1. The molecule has 218 valence electrons. The molecule has 0 aliphatic heterocycles. The first-order valence-corrected chi connectivity index (χ1v) is 15.0. The Balaban J connectivity index is 2.08. The van der Waals surface area contributed by atoms with Crippen molar-refractivity contribution >= 4 is 44.8 Å². The van der Waals surface area contributed by atoms with Crippen molar-refractivity contribution in [1.82, 2.24) is 10.2 Å². The Morgan fingerprint density at radius 1 is 0.951 bits per heavy atom. The van der Waals surface area contributed by atoms with E-state index >= 15 is 0 Å². The zero-order valence-electron chi connectivity index (χ0n) is 23.1. The van der Waals surface area contributed by atoms with Crippen molar-refractivity contribution in [1.29, 1.82) is 0 Å². The molecule has 0 saturated carbocycles. The van der Waals surface area contributed by atoms with Crippen LogP contribution in [-0.2, 0) is 26.2 Å². The molecule has 0 unspecified atom stereocenters. The number of rotatable bonds is 13. The third kappa shape index (κ3) is 7.83. The standard InChI is InChI=1S/C29H33ClN4O6S/c1-4-21(3)31-29(36)27(5-2)32(19-22-11-9-10-14-26(22)30)28(35)20-33(23-15-17-24(18-16-23)34(37)38)41(39,40)25-12-7-6-8-13-25/h6-18,21,27H,4-5,19-20H2,1-3H3,(H,31,36)/t21-,27-/m1/s1. The first-order chi connectivity index (χ1) is 19.5. The van der Waals surface area contributed by atoms with Gasteiger partial charge in [0, 0.05) is 29.7 Å². The number of benzene rings is 3. The summed E-state index contributed by atoms with van der Waals surface area (Å²) in [6.45, 7) is 4.85. The van der Waals surface area contributed by atoms with Gasteiger partial charge >= 0.3 is 0 Å². The van der Waals surface area contributed by atoms with E-state index in [2.05, 4.69) is 5.32 Å². The summed E-state index contributed by atoms with van der Waals surface area (Å²) >= 11 is 6.40. The highest BCUT2D eigenvalue weighted by Crippen LogP contribution is 2.27. The van der Waals surface area contributed by atoms with Crippen LogP contribution in [0.1, 0.15) is 39.2 Å². The normalized spacial score (nSPS) is 12.7. The van der Waals surface area contributed by atoms with Gasteiger partial charge in [-0.2, -0.15) is 0 Å². The summed E-state index contributed by atoms with van der Waals surface area (Å²) < 4.78 is 28.5. The number of anilines is 1. The van der Waals surface area contributed by atoms with Crippen LogP contribution in [-0.4, -0.2) is 48.7 Å². The second-order valence-electron chi connectivity index (χ2n) is 9.45. The number of nitro benzene ring substituents is 1. The van der Waals surface area contributed by atoms with Gasteiger partial charge in [0.25, 0.3) is 15.7 Å². The lowest BCUT2D eigenvalue weighted by molar-refractivity contribution is -0.384. The smallest absolute Gasteiger partial charge is 0.269 e. The van der Waals surface area contributed by atoms with E-state index in [1.165, 1.54) is 41.3 Å². The lowest BCUT2D eigenvalue weighted by atomic mass is 10.1. The van der Waals surface area contributed by atoms with Crippen LogP contribution in [0.2, 0.25) is 5.02 Å². The minimum Gasteiger partial charge on any atom is -0.352 e. The van der Waals surface area contributed by atoms with Crippen LogP contribution in [0.15, 0.2) is 83.8 Å². The van der Waals surface area contributed by atoms with E-state index < -0.39 is 33.4 Å². The first-order valence-electron chi connectivity index (χ1n) is 13.1. The number of non-ortho nitro benzene ring substituents is 1. The number of amides is 2. The molecule has 10 nitrogen and oxygen atoms in total. The van der Waals surface area contributed by atoms with Crippen LogP contribution in [0.3, 0.4) is 0 Å². The summed E-state index contributed by atoms with van der Waals surface area (Å²) in [5.74, 6) is -1.01. The van der Waals surface area contributed by atoms with Gasteiger partial charge in [0.15, 0.2) is 0 Å².